The molecule has 0 bridgehead atoms. The van der Waals surface area contributed by atoms with Gasteiger partial charge in [-0.05, 0) is 42.4 Å². The van der Waals surface area contributed by atoms with Gasteiger partial charge in [-0.15, -0.1) is 0 Å². The van der Waals surface area contributed by atoms with Crippen LogP contribution >= 0.6 is 0 Å². The van der Waals surface area contributed by atoms with Gasteiger partial charge in [-0.1, -0.05) is 30.3 Å². The molecule has 4 heteroatoms. The molecule has 0 amide bonds. The molecular formula is C22H22N4. The van der Waals surface area contributed by atoms with Gasteiger partial charge in [-0.3, -0.25) is 0 Å². The van der Waals surface area contributed by atoms with Gasteiger partial charge in [0.15, 0.2) is 0 Å². The van der Waals surface area contributed by atoms with Crippen LogP contribution in [0.3, 0.4) is 0 Å². The van der Waals surface area contributed by atoms with E-state index in [9.17, 15) is 0 Å². The van der Waals surface area contributed by atoms with Crippen molar-refractivity contribution in [3.63, 3.8) is 0 Å². The van der Waals surface area contributed by atoms with Gasteiger partial charge < -0.3 is 14.8 Å². The Morgan fingerprint density at radius 1 is 0.885 bits per heavy atom. The number of piperazine rings is 1. The molecule has 2 aromatic heterocycles. The van der Waals surface area contributed by atoms with E-state index < -0.39 is 0 Å². The van der Waals surface area contributed by atoms with E-state index in [0.717, 1.165) is 37.3 Å². The Balaban J connectivity index is 1.56. The third kappa shape index (κ3) is 2.54. The molecular weight excluding hydrogens is 320 g/mol. The van der Waals surface area contributed by atoms with Crippen LogP contribution in [0.15, 0.2) is 60.8 Å². The van der Waals surface area contributed by atoms with Gasteiger partial charge in [-0.2, -0.15) is 0 Å². The number of anilines is 1. The molecule has 4 aromatic rings. The summed E-state index contributed by atoms with van der Waals surface area (Å²) in [5.41, 5.74) is 5.87. The van der Waals surface area contributed by atoms with Crippen molar-refractivity contribution < 1.29 is 0 Å². The molecule has 2 aromatic carbocycles. The molecule has 4 nitrogen and oxygen atoms in total. The molecule has 1 aliphatic heterocycles. The Labute approximate surface area is 153 Å². The molecule has 0 unspecified atom stereocenters. The molecule has 1 N–H and O–H groups in total. The monoisotopic (exact) mass is 342 g/mol. The zero-order valence-corrected chi connectivity index (χ0v) is 14.9. The molecule has 3 heterocycles. The Kier molecular flexibility index (Phi) is 3.64. The molecule has 0 radical (unpaired) electrons. The Bertz CT molecular complexity index is 1060. The van der Waals surface area contributed by atoms with Crippen LogP contribution in [0.4, 0.5) is 5.69 Å². The van der Waals surface area contributed by atoms with Gasteiger partial charge >= 0.3 is 0 Å². The Morgan fingerprint density at radius 3 is 2.46 bits per heavy atom. The summed E-state index contributed by atoms with van der Waals surface area (Å²) < 4.78 is 0. The van der Waals surface area contributed by atoms with E-state index in [1.807, 2.05) is 6.20 Å². The molecule has 5 rings (SSSR count). The topological polar surface area (TPSA) is 35.2 Å². The fourth-order valence-electron chi connectivity index (χ4n) is 3.92. The van der Waals surface area contributed by atoms with E-state index >= 15 is 0 Å². The Hall–Kier alpha value is -2.85. The molecule has 1 fully saturated rings. The van der Waals surface area contributed by atoms with Crippen molar-refractivity contribution >= 4 is 27.6 Å². The number of nitrogens with one attached hydrogen (secondary N) is 1. The average molecular weight is 342 g/mol. The lowest BCUT2D eigenvalue weighted by Gasteiger charge is -2.34. The van der Waals surface area contributed by atoms with Crippen molar-refractivity contribution in [3.8, 4) is 11.1 Å². The van der Waals surface area contributed by atoms with E-state index in [2.05, 4.69) is 81.4 Å². The van der Waals surface area contributed by atoms with Crippen molar-refractivity contribution in [1.29, 1.82) is 0 Å². The van der Waals surface area contributed by atoms with Gasteiger partial charge in [0, 0.05) is 54.4 Å². The maximum absolute atomic E-state index is 4.53. The highest BCUT2D eigenvalue weighted by Crippen LogP contribution is 2.34. The maximum atomic E-state index is 4.53. The van der Waals surface area contributed by atoms with Crippen molar-refractivity contribution in [2.45, 2.75) is 0 Å². The number of aromatic amines is 1. The SMILES string of the molecule is CN1CCN(c2ccc(-c3ccnc4[nH]c5ccccc5c34)cc2)CC1. The lowest BCUT2D eigenvalue weighted by Crippen LogP contribution is -2.44. The maximum Gasteiger partial charge on any atom is 0.138 e. The minimum Gasteiger partial charge on any atom is -0.369 e. The second-order valence-electron chi connectivity index (χ2n) is 7.09. The fraction of sp³-hybridized carbons (Fsp3) is 0.227. The van der Waals surface area contributed by atoms with Crippen molar-refractivity contribution in [2.75, 3.05) is 38.1 Å². The largest absolute Gasteiger partial charge is 0.369 e. The van der Waals surface area contributed by atoms with Crippen molar-refractivity contribution in [3.05, 3.63) is 60.8 Å². The molecule has 1 saturated heterocycles. The van der Waals surface area contributed by atoms with Gasteiger partial charge in [0.2, 0.25) is 0 Å². The average Bonchev–Trinajstić information content (AvgIpc) is 3.07. The number of para-hydroxylation sites is 1. The smallest absolute Gasteiger partial charge is 0.138 e. The van der Waals surface area contributed by atoms with Crippen LogP contribution in [0.25, 0.3) is 33.1 Å². The molecule has 0 atom stereocenters. The summed E-state index contributed by atoms with van der Waals surface area (Å²) in [6.07, 6.45) is 1.89. The molecule has 130 valence electrons. The summed E-state index contributed by atoms with van der Waals surface area (Å²) in [5.74, 6) is 0. The van der Waals surface area contributed by atoms with E-state index in [1.54, 1.807) is 0 Å². The van der Waals surface area contributed by atoms with Crippen LogP contribution < -0.4 is 4.90 Å². The second kappa shape index (κ2) is 6.15. The first kappa shape index (κ1) is 15.4. The molecule has 0 spiro atoms. The predicted octanol–water partition coefficient (Wildman–Crippen LogP) is 4.13. The van der Waals surface area contributed by atoms with Gasteiger partial charge in [0.05, 0.1) is 0 Å². The third-order valence-electron chi connectivity index (χ3n) is 5.45. The molecule has 0 saturated carbocycles. The molecule has 1 aliphatic rings. The summed E-state index contributed by atoms with van der Waals surface area (Å²) in [6.45, 7) is 4.44. The number of benzene rings is 2. The number of H-pyrrole nitrogens is 1. The first-order valence-corrected chi connectivity index (χ1v) is 9.19. The number of hydrogen-bond donors (Lipinski definition) is 1. The first-order valence-electron chi connectivity index (χ1n) is 9.19. The fourth-order valence-corrected chi connectivity index (χ4v) is 3.92. The number of rotatable bonds is 2. The highest BCUT2D eigenvalue weighted by Gasteiger charge is 2.15. The zero-order valence-electron chi connectivity index (χ0n) is 14.9. The predicted molar refractivity (Wildman–Crippen MR) is 109 cm³/mol. The summed E-state index contributed by atoms with van der Waals surface area (Å²) in [5, 5.41) is 2.43. The normalized spacial score (nSPS) is 15.8. The highest BCUT2D eigenvalue weighted by atomic mass is 15.2. The van der Waals surface area contributed by atoms with E-state index in [0.29, 0.717) is 0 Å². The first-order chi connectivity index (χ1) is 12.8. The lowest BCUT2D eigenvalue weighted by atomic mass is 10.0. The Morgan fingerprint density at radius 2 is 1.65 bits per heavy atom. The number of nitrogens with zero attached hydrogens (tertiary/aromatic N) is 3. The number of pyridine rings is 1. The van der Waals surface area contributed by atoms with Crippen LogP contribution in [0.5, 0.6) is 0 Å². The third-order valence-corrected chi connectivity index (χ3v) is 5.45. The number of fused-ring (bicyclic) bond motifs is 3. The van der Waals surface area contributed by atoms with E-state index in [4.69, 9.17) is 0 Å². The number of hydrogen-bond acceptors (Lipinski definition) is 3. The van der Waals surface area contributed by atoms with Crippen LogP contribution in [-0.2, 0) is 0 Å². The van der Waals surface area contributed by atoms with E-state index in [-0.39, 0.29) is 0 Å². The standard InChI is InChI=1S/C22H22N4/c1-25-12-14-26(15-13-25)17-8-6-16(7-9-17)18-10-11-23-22-21(18)19-4-2-3-5-20(19)24-22/h2-11H,12-15H2,1H3,(H,23,24). The molecule has 26 heavy (non-hydrogen) atoms. The quantitative estimate of drug-likeness (QED) is 0.595. The van der Waals surface area contributed by atoms with Gasteiger partial charge in [0.1, 0.15) is 5.65 Å². The second-order valence-corrected chi connectivity index (χ2v) is 7.09. The lowest BCUT2D eigenvalue weighted by molar-refractivity contribution is 0.313. The minimum atomic E-state index is 0.951. The van der Waals surface area contributed by atoms with E-state index in [1.165, 1.54) is 27.6 Å². The van der Waals surface area contributed by atoms with Crippen LogP contribution in [0.1, 0.15) is 0 Å². The number of aromatic nitrogens is 2. The number of likely N-dealkylation sites (N-methyl/N-ethyl adjacent to an activating group) is 1. The van der Waals surface area contributed by atoms with Crippen LogP contribution in [0.2, 0.25) is 0 Å². The summed E-state index contributed by atoms with van der Waals surface area (Å²) >= 11 is 0. The highest BCUT2D eigenvalue weighted by molar-refractivity contribution is 6.12. The zero-order chi connectivity index (χ0) is 17.5. The van der Waals surface area contributed by atoms with Gasteiger partial charge in [0.25, 0.3) is 0 Å². The van der Waals surface area contributed by atoms with Crippen LogP contribution in [-0.4, -0.2) is 48.1 Å². The summed E-state index contributed by atoms with van der Waals surface area (Å²) in [6, 6.07) is 19.5. The molecule has 0 aliphatic carbocycles. The summed E-state index contributed by atoms with van der Waals surface area (Å²) in [4.78, 5) is 12.8. The van der Waals surface area contributed by atoms with Crippen molar-refractivity contribution in [2.24, 2.45) is 0 Å². The van der Waals surface area contributed by atoms with Crippen molar-refractivity contribution in [1.82, 2.24) is 14.9 Å². The van der Waals surface area contributed by atoms with Crippen LogP contribution in [0, 0.1) is 0 Å². The van der Waals surface area contributed by atoms with Gasteiger partial charge in [-0.25, -0.2) is 4.98 Å². The minimum absolute atomic E-state index is 0.951. The summed E-state index contributed by atoms with van der Waals surface area (Å²) in [7, 11) is 2.19.